The molecule has 10 rings (SSSR count). The second kappa shape index (κ2) is 11.0. The van der Waals surface area contributed by atoms with E-state index in [1.807, 2.05) is 6.07 Å². The predicted molar refractivity (Wildman–Crippen MR) is 207 cm³/mol. The Bertz CT molecular complexity index is 2820. The van der Waals surface area contributed by atoms with E-state index in [0.29, 0.717) is 0 Å². The van der Waals surface area contributed by atoms with Gasteiger partial charge in [-0.15, -0.1) is 0 Å². The van der Waals surface area contributed by atoms with E-state index in [0.717, 1.165) is 28.1 Å². The first-order valence-corrected chi connectivity index (χ1v) is 16.8. The maximum absolute atomic E-state index is 5.06. The molecule has 9 aromatic carbocycles. The summed E-state index contributed by atoms with van der Waals surface area (Å²) in [7, 11) is 0. The molecular formula is C47H30N2. The molecule has 0 aliphatic carbocycles. The molecule has 0 atom stereocenters. The molecule has 2 heteroatoms. The van der Waals surface area contributed by atoms with Gasteiger partial charge in [-0.25, -0.2) is 4.98 Å². The van der Waals surface area contributed by atoms with E-state index in [-0.39, 0.29) is 0 Å². The third-order valence-electron chi connectivity index (χ3n) is 9.93. The molecule has 2 nitrogen and oxygen atoms in total. The summed E-state index contributed by atoms with van der Waals surface area (Å²) in [4.78, 5) is 5.06. The maximum Gasteiger partial charge on any atom is 0.145 e. The zero-order chi connectivity index (χ0) is 32.3. The first-order chi connectivity index (χ1) is 24.3. The molecule has 1 aromatic heterocycles. The number of fused-ring (bicyclic) bond motifs is 5. The Morgan fingerprint density at radius 3 is 1.51 bits per heavy atom. The third-order valence-corrected chi connectivity index (χ3v) is 9.93. The first kappa shape index (κ1) is 27.6. The molecule has 228 valence electrons. The fourth-order valence-corrected chi connectivity index (χ4v) is 7.69. The summed E-state index contributed by atoms with van der Waals surface area (Å²) in [6.45, 7) is 0. The highest BCUT2D eigenvalue weighted by atomic mass is 15.1. The number of rotatable bonds is 4. The van der Waals surface area contributed by atoms with Crippen molar-refractivity contribution in [3.05, 3.63) is 182 Å². The van der Waals surface area contributed by atoms with Crippen molar-refractivity contribution < 1.29 is 0 Å². The summed E-state index contributed by atoms with van der Waals surface area (Å²) in [5.41, 5.74) is 9.30. The SMILES string of the molecule is c1ccc(-c2nc3ccccc3n2-c2ccc3cc(-c4c5ccccc5c(-c5ccc6ccccc6c5)c5ccccc45)ccc3c2)cc1. The minimum absolute atomic E-state index is 0.946. The lowest BCUT2D eigenvalue weighted by atomic mass is 9.85. The monoisotopic (exact) mass is 622 g/mol. The van der Waals surface area contributed by atoms with Crippen molar-refractivity contribution in [3.8, 4) is 39.3 Å². The van der Waals surface area contributed by atoms with Crippen LogP contribution in [0.4, 0.5) is 0 Å². The van der Waals surface area contributed by atoms with E-state index in [1.165, 1.54) is 65.3 Å². The summed E-state index contributed by atoms with van der Waals surface area (Å²) < 4.78 is 2.28. The minimum Gasteiger partial charge on any atom is -0.292 e. The molecule has 0 fully saturated rings. The molecule has 0 saturated heterocycles. The molecule has 0 radical (unpaired) electrons. The van der Waals surface area contributed by atoms with Gasteiger partial charge in [0.15, 0.2) is 0 Å². The molecule has 0 spiro atoms. The smallest absolute Gasteiger partial charge is 0.145 e. The highest BCUT2D eigenvalue weighted by Gasteiger charge is 2.18. The quantitative estimate of drug-likeness (QED) is 0.179. The van der Waals surface area contributed by atoms with Crippen molar-refractivity contribution in [2.24, 2.45) is 0 Å². The molecule has 0 saturated carbocycles. The lowest BCUT2D eigenvalue weighted by Gasteiger charge is -2.18. The van der Waals surface area contributed by atoms with Crippen LogP contribution in [0.2, 0.25) is 0 Å². The van der Waals surface area contributed by atoms with Gasteiger partial charge in [-0.3, -0.25) is 4.57 Å². The molecule has 1 heterocycles. The number of imidazole rings is 1. The van der Waals surface area contributed by atoms with Gasteiger partial charge >= 0.3 is 0 Å². The largest absolute Gasteiger partial charge is 0.292 e. The van der Waals surface area contributed by atoms with E-state index < -0.39 is 0 Å². The molecule has 0 unspecified atom stereocenters. The zero-order valence-electron chi connectivity index (χ0n) is 26.7. The molecular weight excluding hydrogens is 593 g/mol. The number of hydrogen-bond acceptors (Lipinski definition) is 1. The van der Waals surface area contributed by atoms with Crippen LogP contribution >= 0.6 is 0 Å². The van der Waals surface area contributed by atoms with Crippen LogP contribution in [0, 0.1) is 0 Å². The van der Waals surface area contributed by atoms with Crippen LogP contribution in [0.3, 0.4) is 0 Å². The highest BCUT2D eigenvalue weighted by molar-refractivity contribution is 6.22. The highest BCUT2D eigenvalue weighted by Crippen LogP contribution is 2.44. The average molecular weight is 623 g/mol. The summed E-state index contributed by atoms with van der Waals surface area (Å²) in [6, 6.07) is 65.8. The fraction of sp³-hybridized carbons (Fsp3) is 0. The second-order valence-electron chi connectivity index (χ2n) is 12.8. The van der Waals surface area contributed by atoms with Gasteiger partial charge in [0.25, 0.3) is 0 Å². The van der Waals surface area contributed by atoms with Crippen molar-refractivity contribution in [1.82, 2.24) is 9.55 Å². The van der Waals surface area contributed by atoms with Crippen LogP contribution in [0.1, 0.15) is 0 Å². The average Bonchev–Trinajstić information content (AvgIpc) is 3.56. The lowest BCUT2D eigenvalue weighted by Crippen LogP contribution is -1.97. The van der Waals surface area contributed by atoms with Crippen LogP contribution in [-0.2, 0) is 0 Å². The number of hydrogen-bond donors (Lipinski definition) is 0. The van der Waals surface area contributed by atoms with Gasteiger partial charge in [0.2, 0.25) is 0 Å². The Hall–Kier alpha value is -6.51. The topological polar surface area (TPSA) is 17.8 Å². The third kappa shape index (κ3) is 4.46. The Morgan fingerprint density at radius 2 is 0.837 bits per heavy atom. The van der Waals surface area contributed by atoms with Gasteiger partial charge in [-0.1, -0.05) is 146 Å². The molecule has 0 N–H and O–H groups in total. The maximum atomic E-state index is 5.06. The first-order valence-electron chi connectivity index (χ1n) is 16.8. The minimum atomic E-state index is 0.946. The number of nitrogens with zero attached hydrogens (tertiary/aromatic N) is 2. The van der Waals surface area contributed by atoms with Crippen LogP contribution in [0.5, 0.6) is 0 Å². The van der Waals surface area contributed by atoms with Crippen molar-refractivity contribution >= 4 is 54.1 Å². The van der Waals surface area contributed by atoms with Crippen molar-refractivity contribution in [2.45, 2.75) is 0 Å². The zero-order valence-corrected chi connectivity index (χ0v) is 26.7. The standard InChI is InChI=1S/C47H30N2/c1-2-13-32(14-3-1)47-48-43-20-10-11-21-44(43)49(47)38-27-26-34-29-37(25-23-35(34)30-38)46-41-18-8-6-16-39(41)45(40-17-7-9-19-42(40)46)36-24-22-31-12-4-5-15-33(31)28-36/h1-30H. The van der Waals surface area contributed by atoms with Crippen LogP contribution in [0.25, 0.3) is 93.5 Å². The summed E-state index contributed by atoms with van der Waals surface area (Å²) in [5.74, 6) is 0.946. The molecule has 0 bridgehead atoms. The fourth-order valence-electron chi connectivity index (χ4n) is 7.69. The van der Waals surface area contributed by atoms with Crippen molar-refractivity contribution in [2.75, 3.05) is 0 Å². The number of benzene rings is 9. The van der Waals surface area contributed by atoms with Gasteiger partial charge in [-0.2, -0.15) is 0 Å². The van der Waals surface area contributed by atoms with Crippen molar-refractivity contribution in [1.29, 1.82) is 0 Å². The van der Waals surface area contributed by atoms with Crippen LogP contribution in [-0.4, -0.2) is 9.55 Å². The van der Waals surface area contributed by atoms with Gasteiger partial charge in [0.05, 0.1) is 11.0 Å². The lowest BCUT2D eigenvalue weighted by molar-refractivity contribution is 1.11. The Labute approximate surface area is 284 Å². The predicted octanol–water partition coefficient (Wildman–Crippen LogP) is 12.6. The molecule has 0 amide bonds. The van der Waals surface area contributed by atoms with Gasteiger partial charge < -0.3 is 0 Å². The van der Waals surface area contributed by atoms with Crippen LogP contribution < -0.4 is 0 Å². The molecule has 0 aliphatic heterocycles. The Balaban J connectivity index is 1.16. The van der Waals surface area contributed by atoms with E-state index >= 15 is 0 Å². The summed E-state index contributed by atoms with van der Waals surface area (Å²) in [6.07, 6.45) is 0. The van der Waals surface area contributed by atoms with Crippen LogP contribution in [0.15, 0.2) is 182 Å². The van der Waals surface area contributed by atoms with Gasteiger partial charge in [0.1, 0.15) is 5.82 Å². The molecule has 49 heavy (non-hydrogen) atoms. The van der Waals surface area contributed by atoms with Crippen molar-refractivity contribution in [3.63, 3.8) is 0 Å². The summed E-state index contributed by atoms with van der Waals surface area (Å²) in [5, 5.41) is 9.97. The van der Waals surface area contributed by atoms with E-state index in [2.05, 4.69) is 180 Å². The van der Waals surface area contributed by atoms with Gasteiger partial charge in [0, 0.05) is 11.3 Å². The molecule has 10 aromatic rings. The van der Waals surface area contributed by atoms with Gasteiger partial charge in [-0.05, 0) is 102 Å². The second-order valence-corrected chi connectivity index (χ2v) is 12.8. The van der Waals surface area contributed by atoms with E-state index in [4.69, 9.17) is 4.98 Å². The summed E-state index contributed by atoms with van der Waals surface area (Å²) >= 11 is 0. The Morgan fingerprint density at radius 1 is 0.347 bits per heavy atom. The van der Waals surface area contributed by atoms with E-state index in [1.54, 1.807) is 0 Å². The molecule has 0 aliphatic rings. The number of para-hydroxylation sites is 2. The Kier molecular flexibility index (Phi) is 6.22. The van der Waals surface area contributed by atoms with E-state index in [9.17, 15) is 0 Å². The normalized spacial score (nSPS) is 11.7. The number of aromatic nitrogens is 2.